The molecule has 0 aliphatic carbocycles. The van der Waals surface area contributed by atoms with Crippen LogP contribution in [0.2, 0.25) is 0 Å². The van der Waals surface area contributed by atoms with E-state index in [4.69, 9.17) is 11.5 Å². The molecule has 1 aliphatic rings. The van der Waals surface area contributed by atoms with Crippen molar-refractivity contribution < 1.29 is 13.2 Å². The number of carbonyl (C=O) groups is 1. The summed E-state index contributed by atoms with van der Waals surface area (Å²) in [6, 6.07) is 17.6. The maximum absolute atomic E-state index is 13.7. The fourth-order valence-electron chi connectivity index (χ4n) is 4.59. The van der Waals surface area contributed by atoms with Gasteiger partial charge in [-0.2, -0.15) is 4.72 Å². The van der Waals surface area contributed by atoms with E-state index in [-0.39, 0.29) is 23.2 Å². The van der Waals surface area contributed by atoms with Gasteiger partial charge in [-0.15, -0.1) is 0 Å². The van der Waals surface area contributed by atoms with E-state index in [9.17, 15) is 13.2 Å². The van der Waals surface area contributed by atoms with Gasteiger partial charge in [-0.1, -0.05) is 48.5 Å². The normalized spacial score (nSPS) is 13.9. The van der Waals surface area contributed by atoms with Gasteiger partial charge < -0.3 is 21.3 Å². The minimum Gasteiger partial charge on any atom is -0.377 e. The van der Waals surface area contributed by atoms with Gasteiger partial charge in [0.1, 0.15) is 6.04 Å². The predicted molar refractivity (Wildman–Crippen MR) is 143 cm³/mol. The van der Waals surface area contributed by atoms with E-state index in [1.165, 1.54) is 0 Å². The van der Waals surface area contributed by atoms with E-state index < -0.39 is 16.1 Å². The number of guanidine groups is 1. The molecule has 3 aromatic rings. The number of amides is 1. The molecule has 0 saturated heterocycles. The van der Waals surface area contributed by atoms with Crippen molar-refractivity contribution >= 4 is 38.3 Å². The quantitative estimate of drug-likeness (QED) is 0.230. The molecule has 0 bridgehead atoms. The Balaban J connectivity index is 1.63. The van der Waals surface area contributed by atoms with Crippen LogP contribution in [0.4, 0.5) is 5.69 Å². The average Bonchev–Trinajstić information content (AvgIpc) is 3.28. The first-order valence-corrected chi connectivity index (χ1v) is 13.3. The standard InChI is InChI=1S/C26H32N6O3S/c1-31(2)23-13-5-11-21-20(23)10-6-14-24(21)36(34,35)30-22(12-7-15-29-26(27)28)25(33)32-16-18-8-3-4-9-19(18)17-32/h3-6,8-11,13-14,22,30H,7,12,15-17H2,1-2H3,(H4,27,28,29). The molecule has 0 saturated carbocycles. The maximum Gasteiger partial charge on any atom is 0.241 e. The van der Waals surface area contributed by atoms with Crippen LogP contribution in [0.15, 0.2) is 70.6 Å². The van der Waals surface area contributed by atoms with E-state index >= 15 is 0 Å². The second-order valence-electron chi connectivity index (χ2n) is 9.11. The first kappa shape index (κ1) is 25.5. The van der Waals surface area contributed by atoms with Gasteiger partial charge in [0.05, 0.1) is 4.90 Å². The van der Waals surface area contributed by atoms with Gasteiger partial charge in [0.2, 0.25) is 15.9 Å². The SMILES string of the molecule is CN(C)c1cccc2c(S(=O)(=O)NC(CCCN=C(N)N)C(=O)N3Cc4ccccc4C3)cccc12. The zero-order valence-electron chi connectivity index (χ0n) is 20.5. The van der Waals surface area contributed by atoms with Gasteiger partial charge in [0, 0.05) is 50.2 Å². The number of hydrogen-bond donors (Lipinski definition) is 3. The molecule has 10 heteroatoms. The highest BCUT2D eigenvalue weighted by Gasteiger charge is 2.32. The van der Waals surface area contributed by atoms with Gasteiger partial charge in [0.25, 0.3) is 0 Å². The predicted octanol–water partition coefficient (Wildman–Crippen LogP) is 2.15. The highest BCUT2D eigenvalue weighted by Crippen LogP contribution is 2.31. The molecule has 1 heterocycles. The summed E-state index contributed by atoms with van der Waals surface area (Å²) < 4.78 is 30.0. The van der Waals surface area contributed by atoms with Crippen LogP contribution in [-0.2, 0) is 27.9 Å². The largest absolute Gasteiger partial charge is 0.377 e. The highest BCUT2D eigenvalue weighted by molar-refractivity contribution is 7.89. The molecule has 1 aliphatic heterocycles. The molecule has 4 rings (SSSR count). The van der Waals surface area contributed by atoms with Crippen LogP contribution >= 0.6 is 0 Å². The Morgan fingerprint density at radius 2 is 1.64 bits per heavy atom. The molecule has 36 heavy (non-hydrogen) atoms. The number of hydrogen-bond acceptors (Lipinski definition) is 5. The molecule has 3 aromatic carbocycles. The Labute approximate surface area is 211 Å². The number of nitrogens with zero attached hydrogens (tertiary/aromatic N) is 3. The van der Waals surface area contributed by atoms with Crippen LogP contribution in [0, 0.1) is 0 Å². The average molecular weight is 509 g/mol. The molecule has 0 spiro atoms. The van der Waals surface area contributed by atoms with Crippen LogP contribution in [0.1, 0.15) is 24.0 Å². The van der Waals surface area contributed by atoms with Crippen LogP contribution in [0.5, 0.6) is 0 Å². The summed E-state index contributed by atoms with van der Waals surface area (Å²) in [5.41, 5.74) is 13.9. The van der Waals surface area contributed by atoms with E-state index in [1.807, 2.05) is 61.5 Å². The van der Waals surface area contributed by atoms with Gasteiger partial charge in [-0.25, -0.2) is 8.42 Å². The summed E-state index contributed by atoms with van der Waals surface area (Å²) in [5.74, 6) is -0.311. The van der Waals surface area contributed by atoms with Crippen LogP contribution in [0.3, 0.4) is 0 Å². The van der Waals surface area contributed by atoms with Crippen molar-refractivity contribution in [3.05, 3.63) is 71.8 Å². The number of anilines is 1. The molecule has 1 atom stereocenters. The summed E-state index contributed by atoms with van der Waals surface area (Å²) in [6.45, 7) is 1.19. The van der Waals surface area contributed by atoms with Gasteiger partial charge >= 0.3 is 0 Å². The third kappa shape index (κ3) is 5.44. The molecule has 1 unspecified atom stereocenters. The second-order valence-corrected chi connectivity index (χ2v) is 10.8. The number of benzene rings is 3. The topological polar surface area (TPSA) is 134 Å². The molecular weight excluding hydrogens is 476 g/mol. The van der Waals surface area contributed by atoms with Crippen molar-refractivity contribution in [2.24, 2.45) is 16.5 Å². The number of carbonyl (C=O) groups excluding carboxylic acids is 1. The third-order valence-corrected chi connectivity index (χ3v) is 7.85. The Bertz CT molecular complexity index is 1370. The second kappa shape index (κ2) is 10.5. The summed E-state index contributed by atoms with van der Waals surface area (Å²) in [5, 5.41) is 1.41. The Hall–Kier alpha value is -3.63. The molecule has 1 amide bonds. The van der Waals surface area contributed by atoms with E-state index in [1.54, 1.807) is 23.1 Å². The van der Waals surface area contributed by atoms with Crippen LogP contribution < -0.4 is 21.1 Å². The molecule has 5 N–H and O–H groups in total. The number of nitrogens with one attached hydrogen (secondary N) is 1. The summed E-state index contributed by atoms with van der Waals surface area (Å²) in [7, 11) is -0.205. The van der Waals surface area contributed by atoms with E-state index in [2.05, 4.69) is 9.71 Å². The number of fused-ring (bicyclic) bond motifs is 2. The van der Waals surface area contributed by atoms with Crippen molar-refractivity contribution in [1.29, 1.82) is 0 Å². The van der Waals surface area contributed by atoms with Crippen LogP contribution in [-0.4, -0.2) is 51.9 Å². The fraction of sp³-hybridized carbons (Fsp3) is 0.308. The smallest absolute Gasteiger partial charge is 0.241 e. The van der Waals surface area contributed by atoms with Crippen molar-refractivity contribution in [1.82, 2.24) is 9.62 Å². The van der Waals surface area contributed by atoms with Crippen LogP contribution in [0.25, 0.3) is 10.8 Å². The molecule has 190 valence electrons. The van der Waals surface area contributed by atoms with Gasteiger partial charge in [-0.05, 0) is 36.1 Å². The zero-order chi connectivity index (χ0) is 25.9. The lowest BCUT2D eigenvalue weighted by Crippen LogP contribution is -2.47. The van der Waals surface area contributed by atoms with E-state index in [0.717, 1.165) is 22.2 Å². The monoisotopic (exact) mass is 508 g/mol. The minimum absolute atomic E-state index is 0.0408. The van der Waals surface area contributed by atoms with E-state index in [0.29, 0.717) is 31.4 Å². The minimum atomic E-state index is -4.03. The molecule has 0 aromatic heterocycles. The molecule has 0 fully saturated rings. The highest BCUT2D eigenvalue weighted by atomic mass is 32.2. The Kier molecular flexibility index (Phi) is 7.46. The van der Waals surface area contributed by atoms with Crippen molar-refractivity contribution in [2.75, 3.05) is 25.5 Å². The Morgan fingerprint density at radius 1 is 1.00 bits per heavy atom. The molecular formula is C26H32N6O3S. The Morgan fingerprint density at radius 3 is 2.28 bits per heavy atom. The lowest BCUT2D eigenvalue weighted by atomic mass is 10.1. The number of rotatable bonds is 9. The molecule has 0 radical (unpaired) electrons. The lowest BCUT2D eigenvalue weighted by molar-refractivity contribution is -0.133. The lowest BCUT2D eigenvalue weighted by Gasteiger charge is -2.24. The van der Waals surface area contributed by atoms with Gasteiger partial charge in [0.15, 0.2) is 5.96 Å². The summed E-state index contributed by atoms with van der Waals surface area (Å²) in [4.78, 5) is 21.3. The number of sulfonamides is 1. The van der Waals surface area contributed by atoms with Crippen molar-refractivity contribution in [3.8, 4) is 0 Å². The third-order valence-electron chi connectivity index (χ3n) is 6.32. The van der Waals surface area contributed by atoms with Crippen molar-refractivity contribution in [3.63, 3.8) is 0 Å². The molecule has 9 nitrogen and oxygen atoms in total. The zero-order valence-corrected chi connectivity index (χ0v) is 21.3. The summed E-state index contributed by atoms with van der Waals surface area (Å²) in [6.07, 6.45) is 0.702. The van der Waals surface area contributed by atoms with Crippen molar-refractivity contribution in [2.45, 2.75) is 36.9 Å². The first-order valence-electron chi connectivity index (χ1n) is 11.8. The number of nitrogens with two attached hydrogens (primary N) is 2. The fourth-order valence-corrected chi connectivity index (χ4v) is 6.03. The summed E-state index contributed by atoms with van der Waals surface area (Å²) >= 11 is 0. The van der Waals surface area contributed by atoms with Gasteiger partial charge in [-0.3, -0.25) is 9.79 Å². The maximum atomic E-state index is 13.7. The first-order chi connectivity index (χ1) is 17.2. The number of aliphatic imine (C=N–C) groups is 1.